The summed E-state index contributed by atoms with van der Waals surface area (Å²) in [5.74, 6) is 0. The first kappa shape index (κ1) is 17.9. The molecule has 4 rings (SSSR count). The molecule has 1 fully saturated rings. The van der Waals surface area contributed by atoms with Crippen LogP contribution in [0.4, 0.5) is 5.69 Å². The van der Waals surface area contributed by atoms with Crippen LogP contribution in [-0.4, -0.2) is 24.0 Å². The van der Waals surface area contributed by atoms with Crippen molar-refractivity contribution in [3.8, 4) is 0 Å². The fourth-order valence-corrected chi connectivity index (χ4v) is 3.78. The molecule has 1 aliphatic heterocycles. The van der Waals surface area contributed by atoms with E-state index in [1.165, 1.54) is 5.56 Å². The summed E-state index contributed by atoms with van der Waals surface area (Å²) < 4.78 is 6.27. The number of benzene rings is 2. The maximum atomic E-state index is 11.9. The Labute approximate surface area is 166 Å². The number of piperidine rings is 1. The Morgan fingerprint density at radius 2 is 1.85 bits per heavy atom. The zero-order valence-corrected chi connectivity index (χ0v) is 16.5. The number of anilines is 1. The van der Waals surface area contributed by atoms with Gasteiger partial charge in [-0.15, -0.1) is 0 Å². The van der Waals surface area contributed by atoms with Crippen molar-refractivity contribution in [1.29, 1.82) is 0 Å². The van der Waals surface area contributed by atoms with E-state index in [1.807, 2.05) is 24.3 Å². The van der Waals surface area contributed by atoms with Gasteiger partial charge in [0.15, 0.2) is 0 Å². The zero-order valence-electron chi connectivity index (χ0n) is 14.9. The average molecular weight is 425 g/mol. The molecule has 1 aromatic heterocycles. The highest BCUT2D eigenvalue weighted by atomic mass is 79.9. The molecule has 0 atom stereocenters. The predicted molar refractivity (Wildman–Crippen MR) is 114 cm³/mol. The molecule has 0 amide bonds. The van der Waals surface area contributed by atoms with Gasteiger partial charge in [-0.25, -0.2) is 4.79 Å². The van der Waals surface area contributed by atoms with E-state index >= 15 is 0 Å². The summed E-state index contributed by atoms with van der Waals surface area (Å²) in [4.78, 5) is 14.2. The first-order valence-corrected chi connectivity index (χ1v) is 9.94. The molecule has 0 aliphatic carbocycles. The lowest BCUT2D eigenvalue weighted by Gasteiger charge is -2.32. The molecule has 0 unspecified atom stereocenters. The Balaban J connectivity index is 1.42. The zero-order chi connectivity index (χ0) is 18.6. The van der Waals surface area contributed by atoms with E-state index in [0.29, 0.717) is 11.6 Å². The number of nitrogens with zero attached hydrogens (tertiary/aromatic N) is 1. The Morgan fingerprint density at radius 3 is 2.63 bits per heavy atom. The molecule has 2 aromatic carbocycles. The summed E-state index contributed by atoms with van der Waals surface area (Å²) >= 11 is 3.49. The molecule has 27 heavy (non-hydrogen) atoms. The molecule has 0 radical (unpaired) electrons. The first-order chi connectivity index (χ1) is 13.2. The summed E-state index contributed by atoms with van der Waals surface area (Å²) in [6.07, 6.45) is 6.38. The van der Waals surface area contributed by atoms with E-state index < -0.39 is 0 Å². The van der Waals surface area contributed by atoms with Crippen LogP contribution in [0.1, 0.15) is 18.4 Å². The number of hydrogen-bond acceptors (Lipinski definition) is 4. The molecule has 1 saturated heterocycles. The number of nitrogens with one attached hydrogen (secondary N) is 1. The van der Waals surface area contributed by atoms with Crippen molar-refractivity contribution in [2.24, 2.45) is 0 Å². The Bertz CT molecular complexity index is 1010. The standard InChI is InChI=1S/C22H21BrN2O2/c23-17-6-7-21-19(14-17)20(15-22(26)27-21)24-18-9-12-25(13-10-18)11-8-16-4-2-1-3-5-16/h1-8,11,14-15,18,24H,9-10,12-13H2/b11-8+. The lowest BCUT2D eigenvalue weighted by molar-refractivity contribution is 0.295. The summed E-state index contributed by atoms with van der Waals surface area (Å²) in [7, 11) is 0. The second-order valence-electron chi connectivity index (χ2n) is 6.80. The van der Waals surface area contributed by atoms with Crippen molar-refractivity contribution in [2.75, 3.05) is 18.4 Å². The van der Waals surface area contributed by atoms with Crippen LogP contribution in [0.5, 0.6) is 0 Å². The van der Waals surface area contributed by atoms with Gasteiger partial charge in [0, 0.05) is 35.1 Å². The van der Waals surface area contributed by atoms with E-state index in [1.54, 1.807) is 6.07 Å². The quantitative estimate of drug-likeness (QED) is 0.591. The van der Waals surface area contributed by atoms with Crippen LogP contribution in [0.3, 0.4) is 0 Å². The third-order valence-corrected chi connectivity index (χ3v) is 5.36. The van der Waals surface area contributed by atoms with E-state index in [-0.39, 0.29) is 5.63 Å². The van der Waals surface area contributed by atoms with Gasteiger partial charge < -0.3 is 14.6 Å². The number of hydrogen-bond donors (Lipinski definition) is 1. The van der Waals surface area contributed by atoms with E-state index in [4.69, 9.17) is 4.42 Å². The van der Waals surface area contributed by atoms with Gasteiger partial charge in [0.25, 0.3) is 0 Å². The van der Waals surface area contributed by atoms with Gasteiger partial charge >= 0.3 is 5.63 Å². The Kier molecular flexibility index (Phi) is 5.30. The molecule has 5 heteroatoms. The van der Waals surface area contributed by atoms with Crippen LogP contribution < -0.4 is 10.9 Å². The monoisotopic (exact) mass is 424 g/mol. The number of likely N-dealkylation sites (tertiary alicyclic amines) is 1. The van der Waals surface area contributed by atoms with E-state index in [9.17, 15) is 4.79 Å². The maximum Gasteiger partial charge on any atom is 0.338 e. The lowest BCUT2D eigenvalue weighted by atomic mass is 10.0. The summed E-state index contributed by atoms with van der Waals surface area (Å²) in [6.45, 7) is 1.98. The summed E-state index contributed by atoms with van der Waals surface area (Å²) in [6, 6.07) is 17.9. The topological polar surface area (TPSA) is 45.5 Å². The van der Waals surface area contributed by atoms with Gasteiger partial charge in [0.1, 0.15) is 5.58 Å². The molecule has 3 aromatic rings. The van der Waals surface area contributed by atoms with Crippen LogP contribution in [-0.2, 0) is 0 Å². The van der Waals surface area contributed by atoms with Crippen molar-refractivity contribution in [3.63, 3.8) is 0 Å². The molecule has 1 aliphatic rings. The first-order valence-electron chi connectivity index (χ1n) is 9.15. The largest absolute Gasteiger partial charge is 0.423 e. The highest BCUT2D eigenvalue weighted by molar-refractivity contribution is 9.10. The lowest BCUT2D eigenvalue weighted by Crippen LogP contribution is -2.36. The average Bonchev–Trinajstić information content (AvgIpc) is 2.69. The number of halogens is 1. The third-order valence-electron chi connectivity index (χ3n) is 4.87. The highest BCUT2D eigenvalue weighted by Crippen LogP contribution is 2.27. The molecule has 138 valence electrons. The van der Waals surface area contributed by atoms with Gasteiger partial charge in [-0.05, 0) is 48.9 Å². The van der Waals surface area contributed by atoms with Gasteiger partial charge in [0.2, 0.25) is 0 Å². The minimum atomic E-state index is -0.324. The molecule has 1 N–H and O–H groups in total. The minimum Gasteiger partial charge on any atom is -0.423 e. The normalized spacial score (nSPS) is 15.5. The van der Waals surface area contributed by atoms with Crippen molar-refractivity contribution >= 4 is 38.7 Å². The third kappa shape index (κ3) is 4.42. The highest BCUT2D eigenvalue weighted by Gasteiger charge is 2.18. The fourth-order valence-electron chi connectivity index (χ4n) is 3.42. The van der Waals surface area contributed by atoms with Crippen LogP contribution in [0.2, 0.25) is 0 Å². The van der Waals surface area contributed by atoms with E-state index in [2.05, 4.69) is 62.7 Å². The van der Waals surface area contributed by atoms with Gasteiger partial charge in [0.05, 0.1) is 5.69 Å². The minimum absolute atomic E-state index is 0.324. The van der Waals surface area contributed by atoms with Crippen LogP contribution in [0.25, 0.3) is 17.0 Å². The van der Waals surface area contributed by atoms with Crippen molar-refractivity contribution in [2.45, 2.75) is 18.9 Å². The van der Waals surface area contributed by atoms with Crippen molar-refractivity contribution in [1.82, 2.24) is 4.90 Å². The van der Waals surface area contributed by atoms with Crippen LogP contribution in [0.15, 0.2) is 74.5 Å². The Hall–Kier alpha value is -2.53. The molecule has 0 spiro atoms. The molecular formula is C22H21BrN2O2. The van der Waals surface area contributed by atoms with Gasteiger partial charge in [-0.1, -0.05) is 46.3 Å². The van der Waals surface area contributed by atoms with Gasteiger partial charge in [-0.3, -0.25) is 0 Å². The van der Waals surface area contributed by atoms with Crippen LogP contribution >= 0.6 is 15.9 Å². The van der Waals surface area contributed by atoms with Crippen molar-refractivity contribution in [3.05, 3.63) is 81.3 Å². The molecular weight excluding hydrogens is 404 g/mol. The fraction of sp³-hybridized carbons (Fsp3) is 0.227. The SMILES string of the molecule is O=c1cc(NC2CCN(/C=C/c3ccccc3)CC2)c2cc(Br)ccc2o1. The van der Waals surface area contributed by atoms with E-state index in [0.717, 1.165) is 41.5 Å². The van der Waals surface area contributed by atoms with Crippen LogP contribution in [0, 0.1) is 0 Å². The molecule has 0 saturated carbocycles. The smallest absolute Gasteiger partial charge is 0.338 e. The number of fused-ring (bicyclic) bond motifs is 1. The summed E-state index contributed by atoms with van der Waals surface area (Å²) in [5.41, 5.74) is 2.35. The van der Waals surface area contributed by atoms with Crippen molar-refractivity contribution < 1.29 is 4.42 Å². The molecule has 2 heterocycles. The predicted octanol–water partition coefficient (Wildman–Crippen LogP) is 5.10. The van der Waals surface area contributed by atoms with Gasteiger partial charge in [-0.2, -0.15) is 0 Å². The molecule has 4 nitrogen and oxygen atoms in total. The second kappa shape index (κ2) is 8.01. The number of rotatable bonds is 4. The summed E-state index contributed by atoms with van der Waals surface area (Å²) in [5, 5.41) is 4.48. The second-order valence-corrected chi connectivity index (χ2v) is 7.72. The molecule has 0 bridgehead atoms. The maximum absolute atomic E-state index is 11.9. The Morgan fingerprint density at radius 1 is 1.07 bits per heavy atom.